The predicted octanol–water partition coefficient (Wildman–Crippen LogP) is 2.89. The Morgan fingerprint density at radius 1 is 0.517 bits per heavy atom. The molecule has 0 spiro atoms. The van der Waals surface area contributed by atoms with Crippen LogP contribution in [0.3, 0.4) is 0 Å². The highest BCUT2D eigenvalue weighted by Gasteiger charge is 2.35. The van der Waals surface area contributed by atoms with Crippen molar-refractivity contribution in [1.29, 1.82) is 15.8 Å². The number of allylic oxidation sites excluding steroid dienone is 6. The number of nitriles is 3. The Morgan fingerprint density at radius 2 is 0.783 bits per heavy atom. The van der Waals surface area contributed by atoms with Crippen LogP contribution in [0.25, 0.3) is 0 Å². The van der Waals surface area contributed by atoms with Crippen LogP contribution in [0, 0.1) is 39.4 Å². The fraction of sp³-hybridized carbons (Fsp3) is 0.357. The second-order valence-electron chi connectivity index (χ2n) is 12.2. The van der Waals surface area contributed by atoms with Crippen molar-refractivity contribution in [2.24, 2.45) is 5.41 Å². The molecule has 0 atom stereocenters. The summed E-state index contributed by atoms with van der Waals surface area (Å²) >= 11 is 0. The van der Waals surface area contributed by atoms with E-state index in [4.69, 9.17) is 28.4 Å². The van der Waals surface area contributed by atoms with Gasteiger partial charge in [-0.1, -0.05) is 26.7 Å². The summed E-state index contributed by atoms with van der Waals surface area (Å²) in [6, 6.07) is 5.22. The number of carbonyl (C=O) groups is 6. The van der Waals surface area contributed by atoms with Crippen molar-refractivity contribution in [2.45, 2.75) is 13.3 Å². The van der Waals surface area contributed by atoms with Gasteiger partial charge >= 0.3 is 35.8 Å². The fourth-order valence-electron chi connectivity index (χ4n) is 3.90. The maximum absolute atomic E-state index is 13.0. The Bertz CT molecular complexity index is 1650. The smallest absolute Gasteiger partial charge is 0.348 e. The summed E-state index contributed by atoms with van der Waals surface area (Å²) in [5.74, 6) is -4.93. The monoisotopic (exact) mass is 830 g/mol. The lowest BCUT2D eigenvalue weighted by molar-refractivity contribution is -0.157. The molecule has 18 nitrogen and oxygen atoms in total. The van der Waals surface area contributed by atoms with Gasteiger partial charge in [0, 0.05) is 39.4 Å². The topological polar surface area (TPSA) is 239 Å². The van der Waals surface area contributed by atoms with Crippen LogP contribution in [0.4, 0.5) is 0 Å². The number of likely N-dealkylation sites (N-methyl/N-ethyl adjacent to an activating group) is 3. The van der Waals surface area contributed by atoms with E-state index in [2.05, 4.69) is 19.7 Å². The zero-order valence-corrected chi connectivity index (χ0v) is 34.2. The van der Waals surface area contributed by atoms with E-state index in [-0.39, 0.29) is 26.2 Å². The normalized spacial score (nSPS) is 12.4. The van der Waals surface area contributed by atoms with Gasteiger partial charge in [0.25, 0.3) is 0 Å². The zero-order chi connectivity index (χ0) is 45.3. The first kappa shape index (κ1) is 52.3. The Hall–Kier alpha value is -7.65. The average molecular weight is 831 g/mol. The Balaban J connectivity index is 6.15. The van der Waals surface area contributed by atoms with Gasteiger partial charge in [-0.3, -0.25) is 0 Å². The van der Waals surface area contributed by atoms with Crippen molar-refractivity contribution >= 4 is 35.8 Å². The molecule has 18 heteroatoms. The quantitative estimate of drug-likeness (QED) is 0.0362. The molecule has 0 aromatic carbocycles. The molecule has 0 amide bonds. The summed E-state index contributed by atoms with van der Waals surface area (Å²) in [7, 11) is 4.99. The largest absolute Gasteiger partial charge is 0.461 e. The van der Waals surface area contributed by atoms with Crippen LogP contribution in [0.15, 0.2) is 110 Å². The first-order valence-corrected chi connectivity index (χ1v) is 18.0. The fourth-order valence-corrected chi connectivity index (χ4v) is 3.90. The van der Waals surface area contributed by atoms with Crippen LogP contribution < -0.4 is 0 Å². The van der Waals surface area contributed by atoms with E-state index >= 15 is 0 Å². The molecule has 60 heavy (non-hydrogen) atoms. The molecule has 320 valence electrons. The summed E-state index contributed by atoms with van der Waals surface area (Å²) in [5.41, 5.74) is -2.66. The summed E-state index contributed by atoms with van der Waals surface area (Å²) in [4.78, 5) is 77.6. The van der Waals surface area contributed by atoms with Gasteiger partial charge < -0.3 is 43.1 Å². The van der Waals surface area contributed by atoms with Crippen LogP contribution >= 0.6 is 0 Å². The summed E-state index contributed by atoms with van der Waals surface area (Å²) in [6.45, 7) is 11.0. The lowest BCUT2D eigenvalue weighted by Crippen LogP contribution is -2.39. The third-order valence-corrected chi connectivity index (χ3v) is 7.67. The van der Waals surface area contributed by atoms with Gasteiger partial charge in [-0.15, -0.1) is 0 Å². The molecule has 0 bridgehead atoms. The van der Waals surface area contributed by atoms with Crippen LogP contribution in [0.5, 0.6) is 0 Å². The summed E-state index contributed by atoms with van der Waals surface area (Å²) < 4.78 is 31.1. The number of nitrogens with zero attached hydrogens (tertiary/aromatic N) is 6. The van der Waals surface area contributed by atoms with Crippen molar-refractivity contribution in [3.05, 3.63) is 110 Å². The van der Waals surface area contributed by atoms with E-state index in [0.717, 1.165) is 18.2 Å². The molecule has 0 aliphatic heterocycles. The lowest BCUT2D eigenvalue weighted by atomic mass is 9.88. The van der Waals surface area contributed by atoms with Gasteiger partial charge in [-0.2, -0.15) is 15.8 Å². The highest BCUT2D eigenvalue weighted by molar-refractivity contribution is 5.94. The van der Waals surface area contributed by atoms with Gasteiger partial charge in [-0.25, -0.2) is 28.8 Å². The molecule has 0 fully saturated rings. The van der Waals surface area contributed by atoms with E-state index in [1.54, 1.807) is 61.0 Å². The molecular weight excluding hydrogens is 780 g/mol. The summed E-state index contributed by atoms with van der Waals surface area (Å²) in [6.07, 6.45) is 15.4. The third kappa shape index (κ3) is 22.8. The van der Waals surface area contributed by atoms with Gasteiger partial charge in [-0.05, 0) is 61.5 Å². The molecule has 0 N–H and O–H groups in total. The van der Waals surface area contributed by atoms with Crippen molar-refractivity contribution in [1.82, 2.24) is 14.7 Å². The van der Waals surface area contributed by atoms with Gasteiger partial charge in [0.2, 0.25) is 0 Å². The van der Waals surface area contributed by atoms with Crippen molar-refractivity contribution in [3.8, 4) is 18.2 Å². The minimum atomic E-state index is -1.43. The first-order valence-electron chi connectivity index (χ1n) is 18.0. The molecule has 0 aromatic heterocycles. The van der Waals surface area contributed by atoms with E-state index in [9.17, 15) is 44.6 Å². The predicted molar refractivity (Wildman–Crippen MR) is 215 cm³/mol. The molecule has 0 heterocycles. The highest BCUT2D eigenvalue weighted by atomic mass is 16.6. The molecular formula is C42H50N6O12. The van der Waals surface area contributed by atoms with Crippen LogP contribution in [-0.2, 0) is 57.2 Å². The second kappa shape index (κ2) is 30.5. The molecule has 0 aromatic rings. The van der Waals surface area contributed by atoms with E-state index in [0.29, 0.717) is 19.6 Å². The Kier molecular flexibility index (Phi) is 26.6. The highest BCUT2D eigenvalue weighted by Crippen LogP contribution is 2.26. The van der Waals surface area contributed by atoms with Crippen molar-refractivity contribution < 1.29 is 57.2 Å². The van der Waals surface area contributed by atoms with Gasteiger partial charge in [0.15, 0.2) is 0 Å². The maximum atomic E-state index is 13.0. The van der Waals surface area contributed by atoms with Crippen molar-refractivity contribution in [2.75, 3.05) is 80.4 Å². The molecule has 0 aliphatic carbocycles. The van der Waals surface area contributed by atoms with Gasteiger partial charge in [0.1, 0.15) is 74.6 Å². The third-order valence-electron chi connectivity index (χ3n) is 7.67. The maximum Gasteiger partial charge on any atom is 0.348 e. The number of rotatable bonds is 28. The number of hydrogen-bond acceptors (Lipinski definition) is 18. The molecule has 0 rings (SSSR count). The van der Waals surface area contributed by atoms with E-state index in [1.165, 1.54) is 55.1 Å². The molecule has 0 saturated carbocycles. The molecule has 0 aliphatic rings. The lowest BCUT2D eigenvalue weighted by Gasteiger charge is -2.30. The number of esters is 6. The van der Waals surface area contributed by atoms with E-state index in [1.807, 2.05) is 0 Å². The van der Waals surface area contributed by atoms with Gasteiger partial charge in [0.05, 0.1) is 25.0 Å². The Labute approximate surface area is 350 Å². The standard InChI is InChI=1S/C42H50N6O12/c1-8-36(49)55-24-21-46(5)18-12-15-33(27-43)39(52)58-30-42(11-4,31-59-40(53)34(28-44)16-13-19-47(6)22-25-56-37(50)9-2)32-60-41(54)35(29-45)17-14-20-48(7)23-26-57-38(51)10-3/h8-10,12-20H,1-3,11,21-26,30-32H2,4-7H3. The molecule has 0 radical (unpaired) electrons. The first-order chi connectivity index (χ1) is 28.6. The number of carbonyl (C=O) groups excluding carboxylic acids is 6. The molecule has 0 unspecified atom stereocenters. The Morgan fingerprint density at radius 3 is 1.00 bits per heavy atom. The number of hydrogen-bond donors (Lipinski definition) is 0. The second-order valence-corrected chi connectivity index (χ2v) is 12.2. The number of ether oxygens (including phenoxy) is 6. The van der Waals surface area contributed by atoms with Crippen molar-refractivity contribution in [3.63, 3.8) is 0 Å². The molecule has 0 saturated heterocycles. The minimum Gasteiger partial charge on any atom is -0.461 e. The minimum absolute atomic E-state index is 0.0589. The average Bonchev–Trinajstić information content (AvgIpc) is 3.24. The van der Waals surface area contributed by atoms with Crippen LogP contribution in [0.2, 0.25) is 0 Å². The van der Waals surface area contributed by atoms with Crippen LogP contribution in [-0.4, -0.2) is 131 Å². The summed E-state index contributed by atoms with van der Waals surface area (Å²) in [5, 5.41) is 29.0. The SMILES string of the molecule is C=CC(=O)OCCN(C)C=CC=C(C#N)C(=O)OCC(CC)(COC(=O)C(C#N)=CC=CN(C)CCOC(=O)C=C)COC(=O)C(C#N)=CC=CN(C)CCOC(=O)C=C. The van der Waals surface area contributed by atoms with E-state index < -0.39 is 77.8 Å². The zero-order valence-electron chi connectivity index (χ0n) is 34.2. The van der Waals surface area contributed by atoms with Crippen LogP contribution in [0.1, 0.15) is 13.3 Å².